The van der Waals surface area contributed by atoms with Crippen molar-refractivity contribution in [3.8, 4) is 5.88 Å². The molecule has 1 aliphatic rings. The fourth-order valence-corrected chi connectivity index (χ4v) is 3.97. The molecule has 0 aromatic carbocycles. The lowest BCUT2D eigenvalue weighted by Gasteiger charge is -2.39. The lowest BCUT2D eigenvalue weighted by Crippen LogP contribution is -2.35. The Labute approximate surface area is 138 Å². The second kappa shape index (κ2) is 6.40. The van der Waals surface area contributed by atoms with Crippen LogP contribution in [-0.2, 0) is 0 Å². The number of pyridine rings is 1. The van der Waals surface area contributed by atoms with Gasteiger partial charge in [-0.1, -0.05) is 20.8 Å². The van der Waals surface area contributed by atoms with Gasteiger partial charge in [0.2, 0.25) is 11.7 Å². The van der Waals surface area contributed by atoms with Crippen molar-refractivity contribution in [2.45, 2.75) is 46.1 Å². The van der Waals surface area contributed by atoms with E-state index in [1.165, 1.54) is 19.6 Å². The Morgan fingerprint density at radius 3 is 2.73 bits per heavy atom. The van der Waals surface area contributed by atoms with Gasteiger partial charge in [0.05, 0.1) is 16.5 Å². The Morgan fingerprint density at radius 1 is 1.50 bits per heavy atom. The lowest BCUT2D eigenvalue weighted by molar-refractivity contribution is -0.384. The third-order valence-corrected chi connectivity index (χ3v) is 4.61. The van der Waals surface area contributed by atoms with Crippen LogP contribution in [0.2, 0.25) is 0 Å². The maximum Gasteiger partial charge on any atom is 0.312 e. The van der Waals surface area contributed by atoms with Crippen LogP contribution in [0.5, 0.6) is 5.88 Å². The third kappa shape index (κ3) is 3.88. The number of nitro groups is 1. The monoisotopic (exact) mass is 371 g/mol. The summed E-state index contributed by atoms with van der Waals surface area (Å²) < 4.78 is 5.63. The molecule has 0 radical (unpaired) electrons. The van der Waals surface area contributed by atoms with E-state index in [4.69, 9.17) is 4.74 Å². The molecule has 1 aliphatic carbocycles. The van der Waals surface area contributed by atoms with E-state index >= 15 is 0 Å². The Hall–Kier alpha value is -1.37. The summed E-state index contributed by atoms with van der Waals surface area (Å²) in [7, 11) is 1.49. The van der Waals surface area contributed by atoms with Crippen LogP contribution in [0.4, 0.5) is 11.5 Å². The zero-order valence-electron chi connectivity index (χ0n) is 13.4. The van der Waals surface area contributed by atoms with E-state index in [0.29, 0.717) is 16.3 Å². The maximum absolute atomic E-state index is 11.3. The van der Waals surface area contributed by atoms with Gasteiger partial charge in [0, 0.05) is 12.1 Å². The summed E-state index contributed by atoms with van der Waals surface area (Å²) in [5.41, 5.74) is 0.188. The summed E-state index contributed by atoms with van der Waals surface area (Å²) in [5.74, 6) is 1.20. The number of nitrogens with zero attached hydrogens (tertiary/aromatic N) is 2. The van der Waals surface area contributed by atoms with Crippen LogP contribution < -0.4 is 10.1 Å². The number of halogens is 1. The number of nitrogens with one attached hydrogen (secondary N) is 1. The SMILES string of the molecule is COc1nc(NC2C[C@H](C)CC(C)(C)C2)c([N+](=O)[O-])cc1Br. The third-order valence-electron chi connectivity index (χ3n) is 4.04. The molecular weight excluding hydrogens is 350 g/mol. The molecule has 1 saturated carbocycles. The van der Waals surface area contributed by atoms with E-state index in [9.17, 15) is 10.1 Å². The number of methoxy groups -OCH3 is 1. The summed E-state index contributed by atoms with van der Waals surface area (Å²) in [6.45, 7) is 6.70. The van der Waals surface area contributed by atoms with E-state index in [0.717, 1.165) is 12.8 Å². The van der Waals surface area contributed by atoms with Gasteiger partial charge in [-0.05, 0) is 46.5 Å². The van der Waals surface area contributed by atoms with Crippen molar-refractivity contribution in [1.29, 1.82) is 0 Å². The standard InChI is InChI=1S/C15H22BrN3O3/c1-9-5-10(8-15(2,3)7-9)17-13-12(19(20)21)6-11(16)14(18-13)22-4/h6,9-10H,5,7-8H2,1-4H3,(H,17,18)/t9-,10?/m0/s1. The molecule has 22 heavy (non-hydrogen) atoms. The first-order valence-corrected chi connectivity index (χ1v) is 8.16. The zero-order valence-corrected chi connectivity index (χ0v) is 14.9. The van der Waals surface area contributed by atoms with Crippen LogP contribution >= 0.6 is 15.9 Å². The van der Waals surface area contributed by atoms with Crippen LogP contribution in [-0.4, -0.2) is 23.1 Å². The minimum absolute atomic E-state index is 0.0382. The highest BCUT2D eigenvalue weighted by molar-refractivity contribution is 9.10. The van der Waals surface area contributed by atoms with Crippen LogP contribution in [0, 0.1) is 21.4 Å². The van der Waals surface area contributed by atoms with Gasteiger partial charge in [-0.3, -0.25) is 10.1 Å². The zero-order chi connectivity index (χ0) is 16.5. The Bertz CT molecular complexity index is 577. The molecule has 0 aliphatic heterocycles. The Balaban J connectivity index is 2.29. The second-order valence-corrected chi connectivity index (χ2v) is 7.71. The summed E-state index contributed by atoms with van der Waals surface area (Å²) in [4.78, 5) is 15.1. The summed E-state index contributed by atoms with van der Waals surface area (Å²) in [5, 5.41) is 14.5. The van der Waals surface area contributed by atoms with Gasteiger partial charge >= 0.3 is 5.69 Å². The topological polar surface area (TPSA) is 77.3 Å². The highest BCUT2D eigenvalue weighted by Crippen LogP contribution is 2.41. The van der Waals surface area contributed by atoms with E-state index in [1.807, 2.05) is 0 Å². The minimum Gasteiger partial charge on any atom is -0.480 e. The Kier molecular flexibility index (Phi) is 4.94. The molecule has 1 unspecified atom stereocenters. The molecule has 7 heteroatoms. The van der Waals surface area contributed by atoms with Gasteiger partial charge < -0.3 is 10.1 Å². The number of hydrogen-bond donors (Lipinski definition) is 1. The fourth-order valence-electron chi connectivity index (χ4n) is 3.50. The summed E-state index contributed by atoms with van der Waals surface area (Å²) >= 11 is 3.24. The van der Waals surface area contributed by atoms with Gasteiger partial charge in [-0.25, -0.2) is 0 Å². The molecule has 1 aromatic heterocycles. The van der Waals surface area contributed by atoms with Crippen molar-refractivity contribution < 1.29 is 9.66 Å². The molecule has 0 saturated heterocycles. The van der Waals surface area contributed by atoms with Gasteiger partial charge in [0.1, 0.15) is 0 Å². The first-order valence-electron chi connectivity index (χ1n) is 7.37. The fraction of sp³-hybridized carbons (Fsp3) is 0.667. The molecule has 122 valence electrons. The van der Waals surface area contributed by atoms with Crippen molar-refractivity contribution in [3.05, 3.63) is 20.7 Å². The van der Waals surface area contributed by atoms with Crippen molar-refractivity contribution in [1.82, 2.24) is 4.98 Å². The predicted octanol–water partition coefficient (Wildman–Crippen LogP) is 4.39. The normalized spacial score (nSPS) is 23.9. The second-order valence-electron chi connectivity index (χ2n) is 6.86. The lowest BCUT2D eigenvalue weighted by atomic mass is 9.70. The highest BCUT2D eigenvalue weighted by Gasteiger charge is 2.33. The van der Waals surface area contributed by atoms with E-state index in [-0.39, 0.29) is 23.0 Å². The number of anilines is 1. The molecule has 0 amide bonds. The van der Waals surface area contributed by atoms with Crippen molar-refractivity contribution in [3.63, 3.8) is 0 Å². The molecule has 1 N–H and O–H groups in total. The van der Waals surface area contributed by atoms with Gasteiger partial charge in [0.25, 0.3) is 0 Å². The van der Waals surface area contributed by atoms with Crippen molar-refractivity contribution in [2.75, 3.05) is 12.4 Å². The van der Waals surface area contributed by atoms with Gasteiger partial charge in [-0.15, -0.1) is 0 Å². The summed E-state index contributed by atoms with van der Waals surface area (Å²) in [6, 6.07) is 1.61. The van der Waals surface area contributed by atoms with Crippen LogP contribution in [0.25, 0.3) is 0 Å². The molecule has 6 nitrogen and oxygen atoms in total. The van der Waals surface area contributed by atoms with Crippen LogP contribution in [0.3, 0.4) is 0 Å². The Morgan fingerprint density at radius 2 is 2.18 bits per heavy atom. The molecular formula is C15H22BrN3O3. The van der Waals surface area contributed by atoms with E-state index in [2.05, 4.69) is 47.0 Å². The van der Waals surface area contributed by atoms with Crippen LogP contribution in [0.1, 0.15) is 40.0 Å². The number of aromatic nitrogens is 1. The van der Waals surface area contributed by atoms with Gasteiger partial charge in [0.15, 0.2) is 0 Å². The van der Waals surface area contributed by atoms with Crippen LogP contribution in [0.15, 0.2) is 10.5 Å². The van der Waals surface area contributed by atoms with E-state index in [1.54, 1.807) is 0 Å². The highest BCUT2D eigenvalue weighted by atomic mass is 79.9. The number of rotatable bonds is 4. The molecule has 1 heterocycles. The van der Waals surface area contributed by atoms with Crippen molar-refractivity contribution in [2.24, 2.45) is 11.3 Å². The largest absolute Gasteiger partial charge is 0.480 e. The number of ether oxygens (including phenoxy) is 1. The average molecular weight is 372 g/mol. The van der Waals surface area contributed by atoms with E-state index < -0.39 is 4.92 Å². The molecule has 1 fully saturated rings. The predicted molar refractivity (Wildman–Crippen MR) is 89.4 cm³/mol. The first-order chi connectivity index (χ1) is 10.2. The summed E-state index contributed by atoms with van der Waals surface area (Å²) in [6.07, 6.45) is 3.12. The number of hydrogen-bond acceptors (Lipinski definition) is 5. The molecule has 0 bridgehead atoms. The smallest absolute Gasteiger partial charge is 0.312 e. The quantitative estimate of drug-likeness (QED) is 0.627. The molecule has 2 atom stereocenters. The molecule has 2 rings (SSSR count). The first kappa shape index (κ1) is 17.0. The minimum atomic E-state index is -0.420. The molecule has 1 aromatic rings. The maximum atomic E-state index is 11.3. The molecule has 0 spiro atoms. The van der Waals surface area contributed by atoms with Crippen molar-refractivity contribution >= 4 is 27.4 Å². The van der Waals surface area contributed by atoms with Gasteiger partial charge in [-0.2, -0.15) is 4.98 Å². The average Bonchev–Trinajstić information content (AvgIpc) is 2.37.